The highest BCUT2D eigenvalue weighted by Crippen LogP contribution is 2.31. The van der Waals surface area contributed by atoms with Gasteiger partial charge in [-0.3, -0.25) is 4.79 Å². The van der Waals surface area contributed by atoms with Crippen molar-refractivity contribution in [2.45, 2.75) is 38.1 Å². The number of hydrogen-bond acceptors (Lipinski definition) is 1. The quantitative estimate of drug-likeness (QED) is 0.837. The third-order valence-electron chi connectivity index (χ3n) is 3.56. The van der Waals surface area contributed by atoms with E-state index < -0.39 is 5.82 Å². The average Bonchev–Trinajstić information content (AvgIpc) is 2.78. The number of amides is 1. The Labute approximate surface area is 112 Å². The zero-order chi connectivity index (χ0) is 13.2. The molecule has 1 aliphatic rings. The summed E-state index contributed by atoms with van der Waals surface area (Å²) in [5.41, 5.74) is 0.546. The summed E-state index contributed by atoms with van der Waals surface area (Å²) in [6.07, 6.45) is 3.86. The third kappa shape index (κ3) is 2.66. The van der Waals surface area contributed by atoms with Crippen LogP contribution in [0.1, 0.15) is 41.6 Å². The van der Waals surface area contributed by atoms with Crippen LogP contribution in [0.5, 0.6) is 0 Å². The molecule has 0 aromatic heterocycles. The van der Waals surface area contributed by atoms with Gasteiger partial charge in [-0.2, -0.15) is 0 Å². The number of alkyl halides is 1. The molecule has 1 aliphatic carbocycles. The molecule has 1 N–H and O–H groups in total. The van der Waals surface area contributed by atoms with E-state index in [1.165, 1.54) is 12.1 Å². The monoisotopic (exact) mass is 269 g/mol. The van der Waals surface area contributed by atoms with E-state index in [1.807, 2.05) is 0 Å². The molecule has 18 heavy (non-hydrogen) atoms. The van der Waals surface area contributed by atoms with Crippen LogP contribution in [0, 0.1) is 12.7 Å². The lowest BCUT2D eigenvalue weighted by Crippen LogP contribution is -2.48. The van der Waals surface area contributed by atoms with Crippen molar-refractivity contribution in [3.63, 3.8) is 0 Å². The first kappa shape index (κ1) is 13.3. The number of aryl methyl sites for hydroxylation is 1. The molecule has 98 valence electrons. The zero-order valence-electron chi connectivity index (χ0n) is 10.4. The standard InChI is InChI=1S/C14H17ClFNO/c1-10-4-5-11(12(16)8-10)13(18)17-14(9-15)6-2-3-7-14/h4-5,8H,2-3,6-7,9H2,1H3,(H,17,18). The lowest BCUT2D eigenvalue weighted by atomic mass is 9.99. The molecule has 1 amide bonds. The van der Waals surface area contributed by atoms with Crippen LogP contribution in [-0.4, -0.2) is 17.3 Å². The molecule has 2 rings (SSSR count). The highest BCUT2D eigenvalue weighted by atomic mass is 35.5. The molecule has 1 aromatic rings. The van der Waals surface area contributed by atoms with Crippen LogP contribution in [0.15, 0.2) is 18.2 Å². The van der Waals surface area contributed by atoms with Crippen molar-refractivity contribution in [2.24, 2.45) is 0 Å². The van der Waals surface area contributed by atoms with E-state index in [4.69, 9.17) is 11.6 Å². The summed E-state index contributed by atoms with van der Waals surface area (Å²) < 4.78 is 13.7. The summed E-state index contributed by atoms with van der Waals surface area (Å²) in [5.74, 6) is -0.461. The fourth-order valence-electron chi connectivity index (χ4n) is 2.46. The molecule has 4 heteroatoms. The summed E-state index contributed by atoms with van der Waals surface area (Å²) in [4.78, 5) is 12.1. The average molecular weight is 270 g/mol. The Bertz CT molecular complexity index is 455. The maximum Gasteiger partial charge on any atom is 0.254 e. The predicted octanol–water partition coefficient (Wildman–Crippen LogP) is 3.42. The highest BCUT2D eigenvalue weighted by Gasteiger charge is 2.35. The number of carbonyl (C=O) groups is 1. The predicted molar refractivity (Wildman–Crippen MR) is 70.5 cm³/mol. The van der Waals surface area contributed by atoms with E-state index in [0.717, 1.165) is 31.2 Å². The third-order valence-corrected chi connectivity index (χ3v) is 4.08. The Morgan fingerprint density at radius 3 is 2.67 bits per heavy atom. The highest BCUT2D eigenvalue weighted by molar-refractivity contribution is 6.19. The Morgan fingerprint density at radius 1 is 1.44 bits per heavy atom. The first-order chi connectivity index (χ1) is 8.56. The maximum atomic E-state index is 13.7. The van der Waals surface area contributed by atoms with Crippen molar-refractivity contribution in [3.05, 3.63) is 35.1 Å². The summed E-state index contributed by atoms with van der Waals surface area (Å²) in [6, 6.07) is 4.63. The van der Waals surface area contributed by atoms with Crippen molar-refractivity contribution in [3.8, 4) is 0 Å². The second-order valence-corrected chi connectivity index (χ2v) is 5.33. The summed E-state index contributed by atoms with van der Waals surface area (Å²) in [5, 5.41) is 2.91. The van der Waals surface area contributed by atoms with Crippen LogP contribution in [0.2, 0.25) is 0 Å². The number of carbonyl (C=O) groups excluding carboxylic acids is 1. The van der Waals surface area contributed by atoms with Crippen molar-refractivity contribution >= 4 is 17.5 Å². The summed E-state index contributed by atoms with van der Waals surface area (Å²) >= 11 is 5.95. The van der Waals surface area contributed by atoms with Gasteiger partial charge in [0.25, 0.3) is 5.91 Å². The molecule has 0 aliphatic heterocycles. The Kier molecular flexibility index (Phi) is 3.91. The minimum Gasteiger partial charge on any atom is -0.345 e. The molecule has 0 radical (unpaired) electrons. The Balaban J connectivity index is 2.16. The lowest BCUT2D eigenvalue weighted by Gasteiger charge is -2.27. The number of halogens is 2. The van der Waals surface area contributed by atoms with Gasteiger partial charge in [0, 0.05) is 5.88 Å². The maximum absolute atomic E-state index is 13.7. The van der Waals surface area contributed by atoms with Gasteiger partial charge in [-0.15, -0.1) is 11.6 Å². The zero-order valence-corrected chi connectivity index (χ0v) is 11.2. The fraction of sp³-hybridized carbons (Fsp3) is 0.500. The van der Waals surface area contributed by atoms with Crippen LogP contribution >= 0.6 is 11.6 Å². The van der Waals surface area contributed by atoms with E-state index in [-0.39, 0.29) is 17.0 Å². The van der Waals surface area contributed by atoms with Crippen molar-refractivity contribution in [1.29, 1.82) is 0 Å². The first-order valence-electron chi connectivity index (χ1n) is 6.21. The van der Waals surface area contributed by atoms with Crippen molar-refractivity contribution < 1.29 is 9.18 Å². The molecule has 0 heterocycles. The van der Waals surface area contributed by atoms with Gasteiger partial charge in [-0.1, -0.05) is 18.9 Å². The summed E-state index contributed by atoms with van der Waals surface area (Å²) in [7, 11) is 0. The van der Waals surface area contributed by atoms with Gasteiger partial charge in [0.05, 0.1) is 11.1 Å². The number of benzene rings is 1. The van der Waals surface area contributed by atoms with E-state index in [9.17, 15) is 9.18 Å². The molecule has 0 saturated heterocycles. The normalized spacial score (nSPS) is 17.7. The minimum atomic E-state index is -0.477. The molecule has 1 aromatic carbocycles. The van der Waals surface area contributed by atoms with Crippen LogP contribution in [0.3, 0.4) is 0 Å². The van der Waals surface area contributed by atoms with Gasteiger partial charge in [0.15, 0.2) is 0 Å². The van der Waals surface area contributed by atoms with Crippen LogP contribution in [-0.2, 0) is 0 Å². The van der Waals surface area contributed by atoms with Gasteiger partial charge in [0.2, 0.25) is 0 Å². The Hall–Kier alpha value is -1.09. The molecule has 1 fully saturated rings. The topological polar surface area (TPSA) is 29.1 Å². The van der Waals surface area contributed by atoms with Crippen LogP contribution < -0.4 is 5.32 Å². The SMILES string of the molecule is Cc1ccc(C(=O)NC2(CCl)CCCC2)c(F)c1. The Morgan fingerprint density at radius 2 is 2.11 bits per heavy atom. The molecule has 0 atom stereocenters. The second kappa shape index (κ2) is 5.27. The minimum absolute atomic E-state index is 0.0944. The molecule has 0 spiro atoms. The number of rotatable bonds is 3. The number of hydrogen-bond donors (Lipinski definition) is 1. The molecule has 1 saturated carbocycles. The van der Waals surface area contributed by atoms with Crippen LogP contribution in [0.4, 0.5) is 4.39 Å². The largest absolute Gasteiger partial charge is 0.345 e. The van der Waals surface area contributed by atoms with Crippen LogP contribution in [0.25, 0.3) is 0 Å². The van der Waals surface area contributed by atoms with E-state index in [1.54, 1.807) is 13.0 Å². The van der Waals surface area contributed by atoms with Gasteiger partial charge >= 0.3 is 0 Å². The molecular formula is C14H17ClFNO. The van der Waals surface area contributed by atoms with Gasteiger partial charge in [-0.05, 0) is 37.5 Å². The van der Waals surface area contributed by atoms with E-state index >= 15 is 0 Å². The molecular weight excluding hydrogens is 253 g/mol. The van der Waals surface area contributed by atoms with Gasteiger partial charge in [-0.25, -0.2) is 4.39 Å². The number of nitrogens with one attached hydrogen (secondary N) is 1. The van der Waals surface area contributed by atoms with Crippen molar-refractivity contribution in [2.75, 3.05) is 5.88 Å². The molecule has 0 unspecified atom stereocenters. The summed E-state index contributed by atoms with van der Waals surface area (Å²) in [6.45, 7) is 1.79. The smallest absolute Gasteiger partial charge is 0.254 e. The van der Waals surface area contributed by atoms with Gasteiger partial charge in [0.1, 0.15) is 5.82 Å². The van der Waals surface area contributed by atoms with Gasteiger partial charge < -0.3 is 5.32 Å². The second-order valence-electron chi connectivity index (χ2n) is 5.06. The van der Waals surface area contributed by atoms with E-state index in [0.29, 0.717) is 5.88 Å². The lowest BCUT2D eigenvalue weighted by molar-refractivity contribution is 0.0905. The molecule has 0 bridgehead atoms. The van der Waals surface area contributed by atoms with E-state index in [2.05, 4.69) is 5.32 Å². The molecule has 2 nitrogen and oxygen atoms in total. The first-order valence-corrected chi connectivity index (χ1v) is 6.74. The van der Waals surface area contributed by atoms with Crippen molar-refractivity contribution in [1.82, 2.24) is 5.32 Å². The fourth-order valence-corrected chi connectivity index (χ4v) is 2.79.